The van der Waals surface area contributed by atoms with Crippen LogP contribution in [0.1, 0.15) is 18.9 Å². The molecule has 0 saturated carbocycles. The normalized spacial score (nSPS) is 31.2. The van der Waals surface area contributed by atoms with Gasteiger partial charge < -0.3 is 29.0 Å². The molecule has 3 aliphatic heterocycles. The summed E-state index contributed by atoms with van der Waals surface area (Å²) in [5.74, 6) is -1.88. The van der Waals surface area contributed by atoms with E-state index in [4.69, 9.17) is 14.2 Å². The van der Waals surface area contributed by atoms with E-state index in [9.17, 15) is 14.7 Å². The maximum atomic E-state index is 13.4. The quantitative estimate of drug-likeness (QED) is 0.595. The molecule has 1 aromatic rings. The van der Waals surface area contributed by atoms with E-state index >= 15 is 0 Å². The zero-order valence-electron chi connectivity index (χ0n) is 17.4. The summed E-state index contributed by atoms with van der Waals surface area (Å²) in [5, 5.41) is 11.8. The topological polar surface area (TPSA) is 88.1 Å². The predicted molar refractivity (Wildman–Crippen MR) is 107 cm³/mol. The Hall–Kier alpha value is -2.80. The monoisotopic (exact) mass is 412 g/mol. The average Bonchev–Trinajstić information content (AvgIpc) is 3.35. The fraction of sp³-hybridized carbons (Fsp3) is 0.478. The van der Waals surface area contributed by atoms with E-state index in [-0.39, 0.29) is 11.9 Å². The first-order valence-electron chi connectivity index (χ1n) is 10.1. The van der Waals surface area contributed by atoms with Gasteiger partial charge >= 0.3 is 0 Å². The van der Waals surface area contributed by atoms with Crippen molar-refractivity contribution in [3.63, 3.8) is 0 Å². The lowest BCUT2D eigenvalue weighted by molar-refractivity contribution is -0.313. The Morgan fingerprint density at radius 2 is 2.03 bits per heavy atom. The van der Waals surface area contributed by atoms with Gasteiger partial charge in [-0.15, -0.1) is 6.58 Å². The minimum Gasteiger partial charge on any atom is -0.550 e. The van der Waals surface area contributed by atoms with Crippen LogP contribution in [-0.4, -0.2) is 55.3 Å². The molecule has 3 aliphatic rings. The van der Waals surface area contributed by atoms with Crippen molar-refractivity contribution < 1.29 is 28.9 Å². The molecule has 0 aliphatic carbocycles. The van der Waals surface area contributed by atoms with Crippen LogP contribution in [0, 0.1) is 11.8 Å². The molecule has 0 unspecified atom stereocenters. The van der Waals surface area contributed by atoms with Gasteiger partial charge in [-0.25, -0.2) is 0 Å². The van der Waals surface area contributed by atoms with Crippen molar-refractivity contribution >= 4 is 11.9 Å². The van der Waals surface area contributed by atoms with Crippen molar-refractivity contribution in [3.8, 4) is 11.5 Å². The van der Waals surface area contributed by atoms with Crippen molar-refractivity contribution in [1.82, 2.24) is 4.90 Å². The minimum absolute atomic E-state index is 0.192. The van der Waals surface area contributed by atoms with Crippen LogP contribution < -0.4 is 14.6 Å². The number of ether oxygens (including phenoxy) is 3. The molecule has 30 heavy (non-hydrogen) atoms. The van der Waals surface area contributed by atoms with E-state index in [2.05, 4.69) is 6.58 Å². The molecule has 2 fully saturated rings. The van der Waals surface area contributed by atoms with E-state index in [1.165, 1.54) is 0 Å². The zero-order chi connectivity index (χ0) is 21.6. The molecule has 5 atom stereocenters. The number of methoxy groups -OCH3 is 2. The van der Waals surface area contributed by atoms with Gasteiger partial charge in [0.2, 0.25) is 5.91 Å². The first kappa shape index (κ1) is 20.5. The molecule has 7 heteroatoms. The number of rotatable bonds is 8. The number of likely N-dealkylation sites (tertiary alicyclic amines) is 1. The summed E-state index contributed by atoms with van der Waals surface area (Å²) in [6.07, 6.45) is 4.16. The van der Waals surface area contributed by atoms with Gasteiger partial charge in [0.05, 0.1) is 32.3 Å². The second kappa shape index (κ2) is 7.47. The smallest absolute Gasteiger partial charge is 0.230 e. The number of aliphatic carboxylic acids is 1. The minimum atomic E-state index is -1.24. The maximum absolute atomic E-state index is 13.4. The number of carbonyl (C=O) groups excluding carboxylic acids is 2. The molecule has 4 rings (SSSR count). The average molecular weight is 412 g/mol. The van der Waals surface area contributed by atoms with Crippen molar-refractivity contribution in [1.29, 1.82) is 0 Å². The van der Waals surface area contributed by atoms with Gasteiger partial charge in [-0.05, 0) is 37.5 Å². The molecule has 0 radical (unpaired) electrons. The number of carboxylic acids is 1. The van der Waals surface area contributed by atoms with Crippen LogP contribution in [0.5, 0.6) is 11.5 Å². The molecule has 1 aromatic carbocycles. The number of hydrogen-bond donors (Lipinski definition) is 0. The third-order valence-electron chi connectivity index (χ3n) is 6.44. The number of amides is 1. The largest absolute Gasteiger partial charge is 0.550 e. The lowest BCUT2D eigenvalue weighted by atomic mass is 9.74. The van der Waals surface area contributed by atoms with Crippen molar-refractivity contribution in [2.45, 2.75) is 37.5 Å². The summed E-state index contributed by atoms with van der Waals surface area (Å²) >= 11 is 0. The van der Waals surface area contributed by atoms with E-state index in [0.29, 0.717) is 30.9 Å². The number of benzene rings is 1. The summed E-state index contributed by atoms with van der Waals surface area (Å²) < 4.78 is 16.8. The molecule has 2 saturated heterocycles. The second-order valence-corrected chi connectivity index (χ2v) is 8.27. The van der Waals surface area contributed by atoms with E-state index in [1.807, 2.05) is 31.2 Å². The SMILES string of the molecule is C=C(C)C[C@H]1N(CCc2ccc(OC)c(OC)c2)C(=O)[C@@H]2[C@H](C(=O)[O-])[C@H]3C=C[C@]21O3. The summed E-state index contributed by atoms with van der Waals surface area (Å²) in [6.45, 7) is 6.35. The first-order valence-corrected chi connectivity index (χ1v) is 10.1. The van der Waals surface area contributed by atoms with Gasteiger partial charge in [0, 0.05) is 18.4 Å². The summed E-state index contributed by atoms with van der Waals surface area (Å²) in [7, 11) is 3.16. The first-order chi connectivity index (χ1) is 14.3. The van der Waals surface area contributed by atoms with Crippen LogP contribution in [0.15, 0.2) is 42.5 Å². The molecule has 7 nitrogen and oxygen atoms in total. The summed E-state index contributed by atoms with van der Waals surface area (Å²) in [5.41, 5.74) is 0.973. The van der Waals surface area contributed by atoms with Gasteiger partial charge in [-0.1, -0.05) is 23.8 Å². The zero-order valence-corrected chi connectivity index (χ0v) is 17.4. The highest BCUT2D eigenvalue weighted by molar-refractivity contribution is 5.91. The van der Waals surface area contributed by atoms with Crippen molar-refractivity contribution in [2.24, 2.45) is 11.8 Å². The third kappa shape index (κ3) is 2.99. The van der Waals surface area contributed by atoms with Crippen molar-refractivity contribution in [2.75, 3.05) is 20.8 Å². The lowest BCUT2D eigenvalue weighted by Gasteiger charge is -2.33. The molecule has 1 spiro atoms. The Labute approximate surface area is 175 Å². The number of carboxylic acid groups (broad SMARTS) is 1. The van der Waals surface area contributed by atoms with Crippen LogP contribution in [0.2, 0.25) is 0 Å². The van der Waals surface area contributed by atoms with Crippen LogP contribution in [0.3, 0.4) is 0 Å². The maximum Gasteiger partial charge on any atom is 0.230 e. The van der Waals surface area contributed by atoms with Gasteiger partial charge in [-0.2, -0.15) is 0 Å². The van der Waals surface area contributed by atoms with Crippen LogP contribution >= 0.6 is 0 Å². The van der Waals surface area contributed by atoms with Crippen LogP contribution in [0.4, 0.5) is 0 Å². The Kier molecular flexibility index (Phi) is 5.10. The highest BCUT2D eigenvalue weighted by Crippen LogP contribution is 2.55. The van der Waals surface area contributed by atoms with Gasteiger partial charge in [0.25, 0.3) is 0 Å². The molecule has 160 valence electrons. The number of nitrogens with zero attached hydrogens (tertiary/aromatic N) is 1. The highest BCUT2D eigenvalue weighted by atomic mass is 16.5. The summed E-state index contributed by atoms with van der Waals surface area (Å²) in [6, 6.07) is 5.36. The summed E-state index contributed by atoms with van der Waals surface area (Å²) in [4.78, 5) is 26.9. The number of fused-ring (bicyclic) bond motifs is 1. The third-order valence-corrected chi connectivity index (χ3v) is 6.44. The molecule has 1 amide bonds. The Bertz CT molecular complexity index is 924. The second-order valence-electron chi connectivity index (χ2n) is 8.27. The van der Waals surface area contributed by atoms with E-state index in [0.717, 1.165) is 11.1 Å². The fourth-order valence-corrected chi connectivity index (χ4v) is 5.14. The Morgan fingerprint density at radius 1 is 1.30 bits per heavy atom. The molecule has 0 N–H and O–H groups in total. The molecule has 2 bridgehead atoms. The lowest BCUT2D eigenvalue weighted by Crippen LogP contribution is -2.46. The van der Waals surface area contributed by atoms with Gasteiger partial charge in [0.15, 0.2) is 11.5 Å². The molecule has 0 aromatic heterocycles. The Morgan fingerprint density at radius 3 is 2.67 bits per heavy atom. The van der Waals surface area contributed by atoms with E-state index in [1.54, 1.807) is 25.2 Å². The predicted octanol–water partition coefficient (Wildman–Crippen LogP) is 1.11. The highest BCUT2D eigenvalue weighted by Gasteiger charge is 2.69. The van der Waals surface area contributed by atoms with E-state index < -0.39 is 29.5 Å². The van der Waals surface area contributed by atoms with Crippen LogP contribution in [-0.2, 0) is 20.7 Å². The number of carbonyl (C=O) groups is 2. The molecular formula is C23H26NO6-. The molecule has 3 heterocycles. The Balaban J connectivity index is 1.61. The van der Waals surface area contributed by atoms with Crippen LogP contribution in [0.25, 0.3) is 0 Å². The van der Waals surface area contributed by atoms with Crippen molar-refractivity contribution in [3.05, 3.63) is 48.1 Å². The fourth-order valence-electron chi connectivity index (χ4n) is 5.14. The van der Waals surface area contributed by atoms with Gasteiger partial charge in [-0.3, -0.25) is 4.79 Å². The van der Waals surface area contributed by atoms with Gasteiger partial charge in [0.1, 0.15) is 5.60 Å². The molecular weight excluding hydrogens is 386 g/mol. The standard InChI is InChI=1S/C23H27NO6/c1-13(2)11-18-23-9-7-16(30-23)19(22(26)27)20(23)21(25)24(18)10-8-14-5-6-15(28-3)17(12-14)29-4/h5-7,9,12,16,18-20H,1,8,10-11H2,2-4H3,(H,26,27)/p-1/t16-,18-,19-,20+,23-/m1/s1. The number of hydrogen-bond acceptors (Lipinski definition) is 6.